The summed E-state index contributed by atoms with van der Waals surface area (Å²) in [6.07, 6.45) is 3.38. The van der Waals surface area contributed by atoms with Crippen molar-refractivity contribution in [3.8, 4) is 0 Å². The van der Waals surface area contributed by atoms with Crippen LogP contribution in [0.25, 0.3) is 0 Å². The first-order valence-electron chi connectivity index (χ1n) is 6.80. The van der Waals surface area contributed by atoms with E-state index in [0.717, 1.165) is 25.7 Å². The quantitative estimate of drug-likeness (QED) is 0.799. The van der Waals surface area contributed by atoms with E-state index < -0.39 is 11.2 Å². The molecule has 1 amide bonds. The molecule has 0 aromatic heterocycles. The molecule has 1 aliphatic rings. The van der Waals surface area contributed by atoms with E-state index >= 15 is 0 Å². The van der Waals surface area contributed by atoms with Crippen LogP contribution in [0.15, 0.2) is 0 Å². The third kappa shape index (κ3) is 5.25. The lowest BCUT2D eigenvalue weighted by atomic mass is 9.77. The van der Waals surface area contributed by atoms with Gasteiger partial charge in [-0.25, -0.2) is 4.79 Å². The minimum atomic E-state index is -0.614. The molecule has 0 radical (unpaired) electrons. The average Bonchev–Trinajstić information content (AvgIpc) is 2.13. The van der Waals surface area contributed by atoms with Crippen molar-refractivity contribution < 1.29 is 14.6 Å². The van der Waals surface area contributed by atoms with Crippen LogP contribution < -0.4 is 5.32 Å². The van der Waals surface area contributed by atoms with Crippen LogP contribution in [-0.2, 0) is 4.74 Å². The molecule has 1 aliphatic carbocycles. The highest BCUT2D eigenvalue weighted by molar-refractivity contribution is 5.68. The van der Waals surface area contributed by atoms with E-state index in [9.17, 15) is 9.90 Å². The first-order valence-corrected chi connectivity index (χ1v) is 6.80. The Bertz CT molecular complexity index is 280. The highest BCUT2D eigenvalue weighted by atomic mass is 16.6. The lowest BCUT2D eigenvalue weighted by molar-refractivity contribution is -0.00385. The molecule has 1 rings (SSSR count). The molecule has 18 heavy (non-hydrogen) atoms. The molecule has 4 nitrogen and oxygen atoms in total. The summed E-state index contributed by atoms with van der Waals surface area (Å²) in [4.78, 5) is 11.6. The van der Waals surface area contributed by atoms with Crippen LogP contribution in [0.4, 0.5) is 4.79 Å². The predicted octanol–water partition coefficient (Wildman–Crippen LogP) is 2.84. The molecule has 0 aromatic rings. The largest absolute Gasteiger partial charge is 0.444 e. The van der Waals surface area contributed by atoms with Crippen LogP contribution in [0.1, 0.15) is 60.3 Å². The van der Waals surface area contributed by atoms with Crippen molar-refractivity contribution >= 4 is 6.09 Å². The fraction of sp³-hybridized carbons (Fsp3) is 0.929. The molecular formula is C14H27NO3. The summed E-state index contributed by atoms with van der Waals surface area (Å²) in [6.45, 7) is 9.30. The molecular weight excluding hydrogens is 230 g/mol. The van der Waals surface area contributed by atoms with E-state index in [1.807, 2.05) is 34.6 Å². The van der Waals surface area contributed by atoms with Crippen molar-refractivity contribution in [1.29, 1.82) is 0 Å². The number of amides is 1. The van der Waals surface area contributed by atoms with Crippen molar-refractivity contribution in [2.24, 2.45) is 5.92 Å². The minimum absolute atomic E-state index is 0.179. The summed E-state index contributed by atoms with van der Waals surface area (Å²) in [6, 6.07) is 0.179. The molecule has 0 unspecified atom stereocenters. The number of hydrogen-bond acceptors (Lipinski definition) is 3. The molecule has 0 bridgehead atoms. The molecule has 4 heteroatoms. The lowest BCUT2D eigenvalue weighted by Gasteiger charge is -2.36. The summed E-state index contributed by atoms with van der Waals surface area (Å²) in [5.74, 6) is 0.328. The molecule has 0 spiro atoms. The molecule has 0 aliphatic heterocycles. The van der Waals surface area contributed by atoms with Crippen LogP contribution >= 0.6 is 0 Å². The van der Waals surface area contributed by atoms with Crippen molar-refractivity contribution in [3.63, 3.8) is 0 Å². The second-order valence-electron chi connectivity index (χ2n) is 6.85. The van der Waals surface area contributed by atoms with Crippen LogP contribution in [0.3, 0.4) is 0 Å². The van der Waals surface area contributed by atoms with Gasteiger partial charge >= 0.3 is 6.09 Å². The smallest absolute Gasteiger partial charge is 0.407 e. The van der Waals surface area contributed by atoms with Crippen molar-refractivity contribution in [1.82, 2.24) is 5.32 Å². The molecule has 1 saturated carbocycles. The normalized spacial score (nSPS) is 25.7. The Labute approximate surface area is 110 Å². The van der Waals surface area contributed by atoms with E-state index in [-0.39, 0.29) is 12.1 Å². The lowest BCUT2D eigenvalue weighted by Crippen LogP contribution is -2.43. The summed E-state index contributed by atoms with van der Waals surface area (Å²) < 4.78 is 5.24. The van der Waals surface area contributed by atoms with Gasteiger partial charge in [-0.05, 0) is 66.2 Å². The zero-order valence-electron chi connectivity index (χ0n) is 12.2. The van der Waals surface area contributed by atoms with Crippen LogP contribution in [-0.4, -0.2) is 28.4 Å². The van der Waals surface area contributed by atoms with Gasteiger partial charge in [0.1, 0.15) is 5.60 Å². The van der Waals surface area contributed by atoms with E-state index in [2.05, 4.69) is 5.32 Å². The van der Waals surface area contributed by atoms with Gasteiger partial charge in [0, 0.05) is 6.04 Å². The second-order valence-corrected chi connectivity index (χ2v) is 6.85. The Morgan fingerprint density at radius 3 is 2.00 bits per heavy atom. The van der Waals surface area contributed by atoms with Crippen LogP contribution in [0.2, 0.25) is 0 Å². The molecule has 106 valence electrons. The highest BCUT2D eigenvalue weighted by Crippen LogP contribution is 2.32. The Hall–Kier alpha value is -0.770. The fourth-order valence-corrected chi connectivity index (χ4v) is 2.42. The maximum absolute atomic E-state index is 11.6. The third-order valence-electron chi connectivity index (χ3n) is 3.45. The zero-order valence-corrected chi connectivity index (χ0v) is 12.2. The number of aliphatic hydroxyl groups is 1. The molecule has 0 saturated heterocycles. The number of carbonyl (C=O) groups excluding carboxylic acids is 1. The van der Waals surface area contributed by atoms with Crippen LogP contribution in [0, 0.1) is 5.92 Å². The molecule has 2 N–H and O–H groups in total. The van der Waals surface area contributed by atoms with Gasteiger partial charge in [-0.15, -0.1) is 0 Å². The van der Waals surface area contributed by atoms with Gasteiger partial charge in [-0.1, -0.05) is 0 Å². The third-order valence-corrected chi connectivity index (χ3v) is 3.45. The Kier molecular flexibility index (Phi) is 4.65. The van der Waals surface area contributed by atoms with Gasteiger partial charge in [0.05, 0.1) is 5.60 Å². The highest BCUT2D eigenvalue weighted by Gasteiger charge is 2.32. The summed E-state index contributed by atoms with van der Waals surface area (Å²) in [5, 5.41) is 12.9. The molecule has 0 atom stereocenters. The Morgan fingerprint density at radius 2 is 1.61 bits per heavy atom. The average molecular weight is 257 g/mol. The second kappa shape index (κ2) is 5.47. The number of hydrogen-bond donors (Lipinski definition) is 2. The zero-order chi connectivity index (χ0) is 14.0. The van der Waals surface area contributed by atoms with Gasteiger partial charge in [0.15, 0.2) is 0 Å². The van der Waals surface area contributed by atoms with Crippen molar-refractivity contribution in [2.75, 3.05) is 0 Å². The van der Waals surface area contributed by atoms with Crippen molar-refractivity contribution in [3.05, 3.63) is 0 Å². The minimum Gasteiger partial charge on any atom is -0.444 e. The topological polar surface area (TPSA) is 58.6 Å². The SMILES string of the molecule is CC(C)(C)OC(=O)NC1CCC(C(C)(C)O)CC1. The molecule has 0 aromatic carbocycles. The van der Waals surface area contributed by atoms with Crippen LogP contribution in [0.5, 0.6) is 0 Å². The Balaban J connectivity index is 2.34. The number of alkyl carbamates (subject to hydrolysis) is 1. The number of nitrogens with one attached hydrogen (secondary N) is 1. The maximum atomic E-state index is 11.6. The fourth-order valence-electron chi connectivity index (χ4n) is 2.42. The summed E-state index contributed by atoms with van der Waals surface area (Å²) >= 11 is 0. The van der Waals surface area contributed by atoms with E-state index in [1.54, 1.807) is 0 Å². The summed E-state index contributed by atoms with van der Waals surface area (Å²) in [7, 11) is 0. The maximum Gasteiger partial charge on any atom is 0.407 e. The van der Waals surface area contributed by atoms with Gasteiger partial charge < -0.3 is 15.2 Å². The Morgan fingerprint density at radius 1 is 1.11 bits per heavy atom. The van der Waals surface area contributed by atoms with E-state index in [0.29, 0.717) is 5.92 Å². The van der Waals surface area contributed by atoms with E-state index in [4.69, 9.17) is 4.74 Å². The van der Waals surface area contributed by atoms with Gasteiger partial charge in [0.2, 0.25) is 0 Å². The van der Waals surface area contributed by atoms with E-state index in [1.165, 1.54) is 0 Å². The molecule has 0 heterocycles. The number of ether oxygens (including phenoxy) is 1. The number of rotatable bonds is 2. The predicted molar refractivity (Wildman–Crippen MR) is 71.4 cm³/mol. The van der Waals surface area contributed by atoms with Gasteiger partial charge in [-0.3, -0.25) is 0 Å². The summed E-state index contributed by atoms with van der Waals surface area (Å²) in [5.41, 5.74) is -1.06. The number of carbonyl (C=O) groups is 1. The first-order chi connectivity index (χ1) is 8.08. The van der Waals surface area contributed by atoms with Crippen molar-refractivity contribution in [2.45, 2.75) is 77.5 Å². The first kappa shape index (κ1) is 15.3. The van der Waals surface area contributed by atoms with Gasteiger partial charge in [0.25, 0.3) is 0 Å². The monoisotopic (exact) mass is 257 g/mol. The standard InChI is InChI=1S/C14H27NO3/c1-13(2,3)18-12(16)15-11-8-6-10(7-9-11)14(4,5)17/h10-11,17H,6-9H2,1-5H3,(H,15,16). The molecule has 1 fully saturated rings. The van der Waals surface area contributed by atoms with Gasteiger partial charge in [-0.2, -0.15) is 0 Å².